The average molecular weight is 242 g/mol. The van der Waals surface area contributed by atoms with Crippen LogP contribution >= 0.6 is 11.8 Å². The fourth-order valence-electron chi connectivity index (χ4n) is 1.19. The van der Waals surface area contributed by atoms with Crippen LogP contribution in [0.1, 0.15) is 13.8 Å². The standard InChI is InChI=1S/C10H14N2O3S/c1-7(2)5-12-4-3-8(13)11-10(12)16-6-9(14)15/h3-4,7H,5-6H2,1-2H3,(H,14,15). The second kappa shape index (κ2) is 5.69. The lowest BCUT2D eigenvalue weighted by molar-refractivity contribution is -0.133. The molecule has 0 aliphatic heterocycles. The maximum atomic E-state index is 11.1. The summed E-state index contributed by atoms with van der Waals surface area (Å²) in [6.45, 7) is 4.81. The Bertz CT molecular complexity index is 428. The van der Waals surface area contributed by atoms with E-state index in [1.807, 2.05) is 13.8 Å². The first kappa shape index (κ1) is 12.8. The molecule has 0 saturated heterocycles. The van der Waals surface area contributed by atoms with Gasteiger partial charge in [-0.15, -0.1) is 0 Å². The van der Waals surface area contributed by atoms with Gasteiger partial charge in [0.25, 0.3) is 5.56 Å². The molecule has 88 valence electrons. The molecule has 1 rings (SSSR count). The number of carboxylic acids is 1. The van der Waals surface area contributed by atoms with E-state index in [4.69, 9.17) is 5.11 Å². The van der Waals surface area contributed by atoms with Crippen LogP contribution in [-0.2, 0) is 11.3 Å². The lowest BCUT2D eigenvalue weighted by atomic mass is 10.2. The van der Waals surface area contributed by atoms with E-state index in [1.54, 1.807) is 10.8 Å². The normalized spacial score (nSPS) is 10.7. The van der Waals surface area contributed by atoms with Gasteiger partial charge in [-0.2, -0.15) is 4.98 Å². The maximum absolute atomic E-state index is 11.1. The number of nitrogens with zero attached hydrogens (tertiary/aromatic N) is 2. The number of thioether (sulfide) groups is 1. The van der Waals surface area contributed by atoms with Gasteiger partial charge in [0, 0.05) is 18.8 Å². The lowest BCUT2D eigenvalue weighted by Crippen LogP contribution is -2.16. The second-order valence-corrected chi connectivity index (χ2v) is 4.72. The molecule has 1 heterocycles. The van der Waals surface area contributed by atoms with Crippen molar-refractivity contribution in [1.82, 2.24) is 9.55 Å². The summed E-state index contributed by atoms with van der Waals surface area (Å²) in [7, 11) is 0. The fourth-order valence-corrected chi connectivity index (χ4v) is 1.90. The molecule has 0 radical (unpaired) electrons. The van der Waals surface area contributed by atoms with E-state index >= 15 is 0 Å². The van der Waals surface area contributed by atoms with Crippen molar-refractivity contribution < 1.29 is 9.90 Å². The number of hydrogen-bond acceptors (Lipinski definition) is 4. The second-order valence-electron chi connectivity index (χ2n) is 3.78. The molecule has 1 aromatic heterocycles. The molecule has 16 heavy (non-hydrogen) atoms. The fraction of sp³-hybridized carbons (Fsp3) is 0.500. The Labute approximate surface area is 97.5 Å². The van der Waals surface area contributed by atoms with E-state index < -0.39 is 5.97 Å². The molecule has 0 saturated carbocycles. The first-order valence-electron chi connectivity index (χ1n) is 4.91. The SMILES string of the molecule is CC(C)Cn1ccc(=O)nc1SCC(=O)O. The van der Waals surface area contributed by atoms with E-state index in [2.05, 4.69) is 4.98 Å². The third-order valence-electron chi connectivity index (χ3n) is 1.74. The highest BCUT2D eigenvalue weighted by Crippen LogP contribution is 2.14. The van der Waals surface area contributed by atoms with E-state index in [0.29, 0.717) is 11.1 Å². The minimum Gasteiger partial charge on any atom is -0.481 e. The summed E-state index contributed by atoms with van der Waals surface area (Å²) in [5.41, 5.74) is -0.340. The molecule has 6 heteroatoms. The number of hydrogen-bond donors (Lipinski definition) is 1. The molecule has 0 atom stereocenters. The summed E-state index contributed by atoms with van der Waals surface area (Å²) >= 11 is 1.06. The first-order valence-corrected chi connectivity index (χ1v) is 5.89. The highest BCUT2D eigenvalue weighted by molar-refractivity contribution is 7.99. The predicted molar refractivity (Wildman–Crippen MR) is 61.7 cm³/mol. The molecule has 0 aliphatic rings. The van der Waals surface area contributed by atoms with Crippen molar-refractivity contribution in [2.24, 2.45) is 5.92 Å². The number of aromatic nitrogens is 2. The molecule has 0 aliphatic carbocycles. The van der Waals surface area contributed by atoms with Crippen molar-refractivity contribution in [3.05, 3.63) is 22.6 Å². The van der Waals surface area contributed by atoms with Crippen LogP contribution in [0.4, 0.5) is 0 Å². The van der Waals surface area contributed by atoms with Crippen LogP contribution < -0.4 is 5.56 Å². The summed E-state index contributed by atoms with van der Waals surface area (Å²) in [5.74, 6) is -0.596. The summed E-state index contributed by atoms with van der Waals surface area (Å²) in [6, 6.07) is 1.38. The molecule has 1 N–H and O–H groups in total. The molecule has 0 bridgehead atoms. The Hall–Kier alpha value is -1.30. The van der Waals surface area contributed by atoms with E-state index in [1.165, 1.54) is 6.07 Å². The Kier molecular flexibility index (Phi) is 4.54. The lowest BCUT2D eigenvalue weighted by Gasteiger charge is -2.12. The zero-order chi connectivity index (χ0) is 12.1. The molecular formula is C10H14N2O3S. The van der Waals surface area contributed by atoms with E-state index in [-0.39, 0.29) is 11.3 Å². The molecule has 0 unspecified atom stereocenters. The Balaban J connectivity index is 2.89. The first-order chi connectivity index (χ1) is 7.49. The van der Waals surface area contributed by atoms with Crippen LogP contribution in [0.25, 0.3) is 0 Å². The molecule has 1 aromatic rings. The van der Waals surface area contributed by atoms with Gasteiger partial charge in [-0.05, 0) is 5.92 Å². The van der Waals surface area contributed by atoms with Crippen molar-refractivity contribution in [3.8, 4) is 0 Å². The van der Waals surface area contributed by atoms with Gasteiger partial charge >= 0.3 is 5.97 Å². The Morgan fingerprint density at radius 3 is 2.88 bits per heavy atom. The molecule has 0 spiro atoms. The van der Waals surface area contributed by atoms with Crippen molar-refractivity contribution in [3.63, 3.8) is 0 Å². The minimum absolute atomic E-state index is 0.0887. The number of aliphatic carboxylic acids is 1. The molecular weight excluding hydrogens is 228 g/mol. The van der Waals surface area contributed by atoms with Gasteiger partial charge in [-0.1, -0.05) is 25.6 Å². The van der Waals surface area contributed by atoms with Gasteiger partial charge in [-0.3, -0.25) is 9.59 Å². The van der Waals surface area contributed by atoms with Crippen LogP contribution in [0.2, 0.25) is 0 Å². The summed E-state index contributed by atoms with van der Waals surface area (Å²) in [4.78, 5) is 25.3. The van der Waals surface area contributed by atoms with E-state index in [9.17, 15) is 9.59 Å². The minimum atomic E-state index is -0.917. The van der Waals surface area contributed by atoms with E-state index in [0.717, 1.165) is 18.3 Å². The van der Waals surface area contributed by atoms with Crippen molar-refractivity contribution >= 4 is 17.7 Å². The summed E-state index contributed by atoms with van der Waals surface area (Å²) in [5, 5.41) is 9.04. The zero-order valence-corrected chi connectivity index (χ0v) is 10.0. The quantitative estimate of drug-likeness (QED) is 0.618. The molecule has 0 amide bonds. The van der Waals surface area contributed by atoms with Gasteiger partial charge in [0.2, 0.25) is 0 Å². The number of carbonyl (C=O) groups is 1. The van der Waals surface area contributed by atoms with Crippen LogP contribution in [0.5, 0.6) is 0 Å². The average Bonchev–Trinajstić information content (AvgIpc) is 2.17. The monoisotopic (exact) mass is 242 g/mol. The van der Waals surface area contributed by atoms with Crippen LogP contribution in [0.15, 0.2) is 22.2 Å². The van der Waals surface area contributed by atoms with Crippen LogP contribution in [-0.4, -0.2) is 26.4 Å². The van der Waals surface area contributed by atoms with Crippen molar-refractivity contribution in [1.29, 1.82) is 0 Å². The van der Waals surface area contributed by atoms with Gasteiger partial charge < -0.3 is 9.67 Å². The van der Waals surface area contributed by atoms with Gasteiger partial charge in [0.15, 0.2) is 5.16 Å². The van der Waals surface area contributed by atoms with Gasteiger partial charge in [0.1, 0.15) is 0 Å². The molecule has 0 aromatic carbocycles. The van der Waals surface area contributed by atoms with Crippen LogP contribution in [0, 0.1) is 5.92 Å². The zero-order valence-electron chi connectivity index (χ0n) is 9.21. The summed E-state index contributed by atoms with van der Waals surface area (Å²) < 4.78 is 1.81. The van der Waals surface area contributed by atoms with Crippen molar-refractivity contribution in [2.45, 2.75) is 25.5 Å². The third kappa shape index (κ3) is 4.06. The van der Waals surface area contributed by atoms with Gasteiger partial charge in [0.05, 0.1) is 5.75 Å². The largest absolute Gasteiger partial charge is 0.481 e. The number of rotatable bonds is 5. The predicted octanol–water partition coefficient (Wildman–Crippen LogP) is 1.08. The Morgan fingerprint density at radius 1 is 1.62 bits per heavy atom. The maximum Gasteiger partial charge on any atom is 0.313 e. The topological polar surface area (TPSA) is 72.2 Å². The van der Waals surface area contributed by atoms with Crippen LogP contribution in [0.3, 0.4) is 0 Å². The van der Waals surface area contributed by atoms with Crippen molar-refractivity contribution in [2.75, 3.05) is 5.75 Å². The molecule has 5 nitrogen and oxygen atoms in total. The smallest absolute Gasteiger partial charge is 0.313 e. The highest BCUT2D eigenvalue weighted by Gasteiger charge is 2.07. The molecule has 0 fully saturated rings. The number of carboxylic acid groups (broad SMARTS) is 1. The third-order valence-corrected chi connectivity index (χ3v) is 2.71. The highest BCUT2D eigenvalue weighted by atomic mass is 32.2. The summed E-state index contributed by atoms with van der Waals surface area (Å²) in [6.07, 6.45) is 1.65. The Morgan fingerprint density at radius 2 is 2.31 bits per heavy atom. The van der Waals surface area contributed by atoms with Gasteiger partial charge in [-0.25, -0.2) is 0 Å².